The first kappa shape index (κ1) is 16.8. The SMILES string of the molecule is COc1cccc(C(=O)Nc2nc3c(Cl)ccc(Cl)c3s2)c1OC. The van der Waals surface area contributed by atoms with Crippen LogP contribution in [0.5, 0.6) is 11.5 Å². The Morgan fingerprint density at radius 3 is 2.54 bits per heavy atom. The highest BCUT2D eigenvalue weighted by molar-refractivity contribution is 7.23. The number of amides is 1. The molecule has 1 N–H and O–H groups in total. The number of benzene rings is 2. The topological polar surface area (TPSA) is 60.5 Å². The minimum absolute atomic E-state index is 0.341. The minimum Gasteiger partial charge on any atom is -0.493 e. The molecule has 3 rings (SSSR count). The van der Waals surface area contributed by atoms with Crippen LogP contribution in [0.15, 0.2) is 30.3 Å². The second-order valence-electron chi connectivity index (χ2n) is 4.72. The number of para-hydroxylation sites is 1. The van der Waals surface area contributed by atoms with Crippen LogP contribution in [0, 0.1) is 0 Å². The summed E-state index contributed by atoms with van der Waals surface area (Å²) in [6.07, 6.45) is 0. The zero-order valence-electron chi connectivity index (χ0n) is 12.7. The number of methoxy groups -OCH3 is 2. The lowest BCUT2D eigenvalue weighted by molar-refractivity contribution is 0.102. The zero-order chi connectivity index (χ0) is 17.3. The molecule has 2 aromatic carbocycles. The maximum absolute atomic E-state index is 12.6. The van der Waals surface area contributed by atoms with E-state index in [1.165, 1.54) is 25.6 Å². The third-order valence-corrected chi connectivity index (χ3v) is 5.05. The van der Waals surface area contributed by atoms with E-state index in [4.69, 9.17) is 32.7 Å². The first-order chi connectivity index (χ1) is 11.5. The second-order valence-corrected chi connectivity index (χ2v) is 6.53. The maximum Gasteiger partial charge on any atom is 0.261 e. The van der Waals surface area contributed by atoms with E-state index in [-0.39, 0.29) is 5.91 Å². The molecule has 1 heterocycles. The van der Waals surface area contributed by atoms with Gasteiger partial charge in [-0.15, -0.1) is 0 Å². The van der Waals surface area contributed by atoms with Crippen molar-refractivity contribution in [2.24, 2.45) is 0 Å². The maximum atomic E-state index is 12.6. The van der Waals surface area contributed by atoms with Gasteiger partial charge in [0.2, 0.25) is 0 Å². The number of rotatable bonds is 4. The summed E-state index contributed by atoms with van der Waals surface area (Å²) in [7, 11) is 2.99. The molecule has 1 aromatic heterocycles. The number of nitrogens with zero attached hydrogens (tertiary/aromatic N) is 1. The fourth-order valence-corrected chi connectivity index (χ4v) is 3.64. The molecule has 1 amide bonds. The third-order valence-electron chi connectivity index (χ3n) is 3.31. The summed E-state index contributed by atoms with van der Waals surface area (Å²) in [5, 5.41) is 4.15. The standard InChI is InChI=1S/C16H12Cl2N2O3S/c1-22-11-5-3-4-8(13(11)23-2)15(21)20-16-19-12-9(17)6-7-10(18)14(12)24-16/h3-7H,1-2H3,(H,19,20,21). The molecule has 5 nitrogen and oxygen atoms in total. The normalized spacial score (nSPS) is 10.7. The quantitative estimate of drug-likeness (QED) is 0.698. The molecule has 0 saturated heterocycles. The highest BCUT2D eigenvalue weighted by Gasteiger charge is 2.18. The fraction of sp³-hybridized carbons (Fsp3) is 0.125. The van der Waals surface area contributed by atoms with Gasteiger partial charge >= 0.3 is 0 Å². The van der Waals surface area contributed by atoms with E-state index in [1.807, 2.05) is 0 Å². The van der Waals surface area contributed by atoms with Crippen LogP contribution in [-0.2, 0) is 0 Å². The summed E-state index contributed by atoms with van der Waals surface area (Å²) in [4.78, 5) is 16.9. The number of anilines is 1. The van der Waals surface area contributed by atoms with Crippen molar-refractivity contribution in [2.75, 3.05) is 19.5 Å². The summed E-state index contributed by atoms with van der Waals surface area (Å²) in [5.41, 5.74) is 0.898. The predicted octanol–water partition coefficient (Wildman–Crippen LogP) is 4.87. The van der Waals surface area contributed by atoms with E-state index < -0.39 is 0 Å². The van der Waals surface area contributed by atoms with Crippen LogP contribution >= 0.6 is 34.5 Å². The van der Waals surface area contributed by atoms with Crippen molar-refractivity contribution in [1.29, 1.82) is 0 Å². The van der Waals surface area contributed by atoms with Crippen molar-refractivity contribution < 1.29 is 14.3 Å². The third kappa shape index (κ3) is 3.00. The number of aromatic nitrogens is 1. The Balaban J connectivity index is 1.96. The van der Waals surface area contributed by atoms with Crippen LogP contribution in [0.2, 0.25) is 10.0 Å². The van der Waals surface area contributed by atoms with Crippen molar-refractivity contribution in [3.05, 3.63) is 45.9 Å². The molecule has 0 aliphatic carbocycles. The molecule has 0 fully saturated rings. The molecule has 0 atom stereocenters. The molecular weight excluding hydrogens is 371 g/mol. The average Bonchev–Trinajstić information content (AvgIpc) is 3.02. The fourth-order valence-electron chi connectivity index (χ4n) is 2.23. The van der Waals surface area contributed by atoms with E-state index in [1.54, 1.807) is 30.3 Å². The summed E-state index contributed by atoms with van der Waals surface area (Å²) >= 11 is 13.5. The van der Waals surface area contributed by atoms with Crippen molar-refractivity contribution in [2.45, 2.75) is 0 Å². The number of fused-ring (bicyclic) bond motifs is 1. The number of nitrogens with one attached hydrogen (secondary N) is 1. The van der Waals surface area contributed by atoms with Gasteiger partial charge in [0.1, 0.15) is 5.52 Å². The highest BCUT2D eigenvalue weighted by atomic mass is 35.5. The lowest BCUT2D eigenvalue weighted by Gasteiger charge is -2.11. The molecule has 3 aromatic rings. The van der Waals surface area contributed by atoms with Gasteiger partial charge in [-0.2, -0.15) is 0 Å². The molecule has 0 radical (unpaired) electrons. The Labute approximate surface area is 152 Å². The van der Waals surface area contributed by atoms with Crippen LogP contribution in [0.1, 0.15) is 10.4 Å². The molecule has 124 valence electrons. The minimum atomic E-state index is -0.364. The van der Waals surface area contributed by atoms with Gasteiger partial charge in [-0.3, -0.25) is 10.1 Å². The molecule has 8 heteroatoms. The Morgan fingerprint density at radius 2 is 1.88 bits per heavy atom. The van der Waals surface area contributed by atoms with E-state index in [2.05, 4.69) is 10.3 Å². The van der Waals surface area contributed by atoms with E-state index in [0.717, 1.165) is 4.70 Å². The Kier molecular flexibility index (Phi) is 4.80. The van der Waals surface area contributed by atoms with Crippen LogP contribution in [0.4, 0.5) is 5.13 Å². The Hall–Kier alpha value is -2.02. The van der Waals surface area contributed by atoms with Crippen LogP contribution in [0.3, 0.4) is 0 Å². The molecule has 0 unspecified atom stereocenters. The highest BCUT2D eigenvalue weighted by Crippen LogP contribution is 2.37. The number of carbonyl (C=O) groups excluding carboxylic acids is 1. The molecule has 0 bridgehead atoms. The van der Waals surface area contributed by atoms with Gasteiger partial charge in [-0.05, 0) is 24.3 Å². The summed E-state index contributed by atoms with van der Waals surface area (Å²) in [5.74, 6) is 0.465. The lowest BCUT2D eigenvalue weighted by Crippen LogP contribution is -2.13. The largest absolute Gasteiger partial charge is 0.493 e. The van der Waals surface area contributed by atoms with E-state index in [0.29, 0.717) is 37.8 Å². The summed E-state index contributed by atoms with van der Waals surface area (Å²) < 4.78 is 11.2. The number of ether oxygens (including phenoxy) is 2. The van der Waals surface area contributed by atoms with Crippen LogP contribution < -0.4 is 14.8 Å². The molecule has 0 aliphatic rings. The van der Waals surface area contributed by atoms with E-state index in [9.17, 15) is 4.79 Å². The summed E-state index contributed by atoms with van der Waals surface area (Å²) in [6.45, 7) is 0. The van der Waals surface area contributed by atoms with Crippen LogP contribution in [-0.4, -0.2) is 25.1 Å². The second kappa shape index (κ2) is 6.84. The van der Waals surface area contributed by atoms with Gasteiger partial charge in [-0.25, -0.2) is 4.98 Å². The smallest absolute Gasteiger partial charge is 0.261 e. The van der Waals surface area contributed by atoms with Gasteiger partial charge in [0.25, 0.3) is 5.91 Å². The Morgan fingerprint density at radius 1 is 1.12 bits per heavy atom. The summed E-state index contributed by atoms with van der Waals surface area (Å²) in [6, 6.07) is 8.43. The first-order valence-corrected chi connectivity index (χ1v) is 8.39. The zero-order valence-corrected chi connectivity index (χ0v) is 15.1. The van der Waals surface area contributed by atoms with Gasteiger partial charge in [0.15, 0.2) is 16.6 Å². The van der Waals surface area contributed by atoms with Crippen molar-refractivity contribution in [3.8, 4) is 11.5 Å². The average molecular weight is 383 g/mol. The number of thiazole rings is 1. The number of hydrogen-bond donors (Lipinski definition) is 1. The number of hydrogen-bond acceptors (Lipinski definition) is 5. The monoisotopic (exact) mass is 382 g/mol. The molecule has 24 heavy (non-hydrogen) atoms. The van der Waals surface area contributed by atoms with Crippen molar-refractivity contribution >= 4 is 55.8 Å². The number of halogens is 2. The van der Waals surface area contributed by atoms with Gasteiger partial charge < -0.3 is 9.47 Å². The molecule has 0 saturated carbocycles. The lowest BCUT2D eigenvalue weighted by atomic mass is 10.1. The predicted molar refractivity (Wildman–Crippen MR) is 97.1 cm³/mol. The van der Waals surface area contributed by atoms with Crippen LogP contribution in [0.25, 0.3) is 10.2 Å². The molecule has 0 spiro atoms. The molecular formula is C16H12Cl2N2O3S. The van der Waals surface area contributed by atoms with E-state index >= 15 is 0 Å². The van der Waals surface area contributed by atoms with Crippen molar-refractivity contribution in [1.82, 2.24) is 4.98 Å². The van der Waals surface area contributed by atoms with Gasteiger partial charge in [0.05, 0.1) is 34.5 Å². The van der Waals surface area contributed by atoms with Gasteiger partial charge in [0, 0.05) is 0 Å². The van der Waals surface area contributed by atoms with Gasteiger partial charge in [-0.1, -0.05) is 40.6 Å². The first-order valence-electron chi connectivity index (χ1n) is 6.82. The number of carbonyl (C=O) groups is 1. The van der Waals surface area contributed by atoms with Crippen molar-refractivity contribution in [3.63, 3.8) is 0 Å². The molecule has 0 aliphatic heterocycles. The Bertz CT molecular complexity index is 888.